The molecule has 2 aliphatic carbocycles. The molecule has 0 aromatic rings. The van der Waals surface area contributed by atoms with Crippen LogP contribution in [0.3, 0.4) is 0 Å². The first-order chi connectivity index (χ1) is 10.0. The zero-order chi connectivity index (χ0) is 15.0. The number of rotatable bonds is 2. The lowest BCUT2D eigenvalue weighted by Gasteiger charge is -2.32. The van der Waals surface area contributed by atoms with Crippen molar-refractivity contribution in [1.82, 2.24) is 10.6 Å². The minimum absolute atomic E-state index is 0.00154. The van der Waals surface area contributed by atoms with E-state index in [-0.39, 0.29) is 22.8 Å². The maximum atomic E-state index is 11.2. The van der Waals surface area contributed by atoms with Crippen LogP contribution < -0.4 is 16.4 Å². The first-order valence-electron chi connectivity index (χ1n) is 7.16. The molecule has 4 N–H and O–H groups in total. The van der Waals surface area contributed by atoms with E-state index in [0.29, 0.717) is 18.0 Å². The monoisotopic (exact) mass is 328 g/mol. The summed E-state index contributed by atoms with van der Waals surface area (Å²) in [6, 6.07) is 0.0828. The summed E-state index contributed by atoms with van der Waals surface area (Å²) in [5.74, 6) is 0.250. The lowest BCUT2D eigenvalue weighted by atomic mass is 9.94. The number of aliphatic imine (C=N–C) groups is 1. The molecule has 1 saturated carbocycles. The highest BCUT2D eigenvalue weighted by molar-refractivity contribution is 6.25. The molecule has 1 aliphatic heterocycles. The number of alkyl halides is 2. The van der Waals surface area contributed by atoms with E-state index in [9.17, 15) is 4.79 Å². The van der Waals surface area contributed by atoms with E-state index in [0.717, 1.165) is 25.0 Å². The van der Waals surface area contributed by atoms with E-state index in [4.69, 9.17) is 28.9 Å². The van der Waals surface area contributed by atoms with Crippen molar-refractivity contribution in [1.29, 1.82) is 0 Å². The Balaban J connectivity index is 1.71. The Morgan fingerprint density at radius 2 is 2.10 bits per heavy atom. The van der Waals surface area contributed by atoms with Crippen LogP contribution in [0, 0.1) is 0 Å². The molecular formula is C14H18Cl2N4O. The molecule has 0 bridgehead atoms. The average Bonchev–Trinajstić information content (AvgIpc) is 2.84. The Kier molecular flexibility index (Phi) is 4.13. The van der Waals surface area contributed by atoms with Gasteiger partial charge in [-0.2, -0.15) is 0 Å². The topological polar surface area (TPSA) is 79.5 Å². The molecule has 1 heterocycles. The van der Waals surface area contributed by atoms with Gasteiger partial charge in [0.15, 0.2) is 5.96 Å². The van der Waals surface area contributed by atoms with Crippen LogP contribution in [0.2, 0.25) is 0 Å². The molecule has 1 fully saturated rings. The number of hydrogen-bond donors (Lipinski definition) is 3. The maximum Gasteiger partial charge on any atom is 0.248 e. The summed E-state index contributed by atoms with van der Waals surface area (Å²) in [6.45, 7) is 0. The van der Waals surface area contributed by atoms with Crippen molar-refractivity contribution < 1.29 is 4.79 Å². The smallest absolute Gasteiger partial charge is 0.248 e. The van der Waals surface area contributed by atoms with Gasteiger partial charge < -0.3 is 16.4 Å². The highest BCUT2D eigenvalue weighted by atomic mass is 35.5. The highest BCUT2D eigenvalue weighted by Gasteiger charge is 2.34. The van der Waals surface area contributed by atoms with Crippen LogP contribution in [0.5, 0.6) is 0 Å². The molecule has 0 spiro atoms. The number of nitrogens with one attached hydrogen (secondary N) is 2. The van der Waals surface area contributed by atoms with Crippen LogP contribution in [0.25, 0.3) is 0 Å². The van der Waals surface area contributed by atoms with E-state index >= 15 is 0 Å². The molecule has 21 heavy (non-hydrogen) atoms. The van der Waals surface area contributed by atoms with Crippen LogP contribution >= 0.6 is 23.2 Å². The Morgan fingerprint density at radius 1 is 1.38 bits per heavy atom. The molecule has 0 aromatic heterocycles. The number of nitrogens with two attached hydrogens (primary N) is 1. The van der Waals surface area contributed by atoms with Gasteiger partial charge >= 0.3 is 0 Å². The van der Waals surface area contributed by atoms with Gasteiger partial charge in [-0.3, -0.25) is 4.79 Å². The zero-order valence-electron chi connectivity index (χ0n) is 11.5. The van der Waals surface area contributed by atoms with Gasteiger partial charge in [-0.05, 0) is 25.3 Å². The van der Waals surface area contributed by atoms with Crippen LogP contribution in [0.15, 0.2) is 28.4 Å². The molecule has 3 rings (SSSR count). The maximum absolute atomic E-state index is 11.2. The quantitative estimate of drug-likeness (QED) is 0.670. The third-order valence-corrected chi connectivity index (χ3v) is 5.09. The third-order valence-electron chi connectivity index (χ3n) is 4.11. The molecule has 7 heteroatoms. The fourth-order valence-corrected chi connectivity index (χ4v) is 3.79. The van der Waals surface area contributed by atoms with Gasteiger partial charge in [0.25, 0.3) is 0 Å². The number of amides is 1. The van der Waals surface area contributed by atoms with Gasteiger partial charge in [-0.15, -0.1) is 23.2 Å². The Hall–Kier alpha value is -1.20. The summed E-state index contributed by atoms with van der Waals surface area (Å²) < 4.78 is 0. The second kappa shape index (κ2) is 5.89. The van der Waals surface area contributed by atoms with Crippen molar-refractivity contribution in [3.8, 4) is 0 Å². The average molecular weight is 329 g/mol. The van der Waals surface area contributed by atoms with Crippen LogP contribution in [0.4, 0.5) is 0 Å². The normalized spacial score (nSPS) is 35.0. The van der Waals surface area contributed by atoms with Crippen molar-refractivity contribution >= 4 is 35.1 Å². The number of carbonyl (C=O) groups excluding carboxylic acids is 1. The Bertz CT molecular complexity index is 533. The van der Waals surface area contributed by atoms with Gasteiger partial charge in [0.2, 0.25) is 5.91 Å². The van der Waals surface area contributed by atoms with Crippen LogP contribution in [0.1, 0.15) is 25.7 Å². The van der Waals surface area contributed by atoms with Gasteiger partial charge in [0.1, 0.15) is 0 Å². The van der Waals surface area contributed by atoms with Crippen molar-refractivity contribution in [3.63, 3.8) is 0 Å². The number of nitrogens with zero attached hydrogens (tertiary/aromatic N) is 1. The van der Waals surface area contributed by atoms with Gasteiger partial charge in [-0.1, -0.05) is 12.5 Å². The first-order valence-corrected chi connectivity index (χ1v) is 8.03. The van der Waals surface area contributed by atoms with E-state index in [2.05, 4.69) is 15.6 Å². The minimum Gasteiger partial charge on any atom is -0.366 e. The van der Waals surface area contributed by atoms with Crippen LogP contribution in [-0.4, -0.2) is 34.7 Å². The number of halogens is 2. The van der Waals surface area contributed by atoms with Gasteiger partial charge in [-0.25, -0.2) is 4.99 Å². The number of carbonyl (C=O) groups is 1. The van der Waals surface area contributed by atoms with Crippen LogP contribution in [-0.2, 0) is 4.79 Å². The standard InChI is InChI=1S/C14H18Cl2N4O/c15-8-2-1-3-9(16)12(8)20-14-18-10-5-4-7(13(17)21)6-11(10)19-14/h4,6,8-10,12H,1-3,5H2,(H2,17,21)(H2,18,19,20). The fourth-order valence-electron chi connectivity index (χ4n) is 2.93. The molecule has 0 aromatic carbocycles. The first kappa shape index (κ1) is 14.7. The van der Waals surface area contributed by atoms with Gasteiger partial charge in [0.05, 0.1) is 28.5 Å². The molecular weight excluding hydrogens is 311 g/mol. The van der Waals surface area contributed by atoms with E-state index < -0.39 is 5.91 Å². The second-order valence-corrected chi connectivity index (χ2v) is 6.74. The molecule has 3 atom stereocenters. The molecule has 1 amide bonds. The summed E-state index contributed by atoms with van der Waals surface area (Å²) in [7, 11) is 0. The summed E-state index contributed by atoms with van der Waals surface area (Å²) in [4.78, 5) is 15.7. The molecule has 0 radical (unpaired) electrons. The van der Waals surface area contributed by atoms with Crippen molar-refractivity contribution in [3.05, 3.63) is 23.4 Å². The highest BCUT2D eigenvalue weighted by Crippen LogP contribution is 2.28. The predicted octanol–water partition coefficient (Wildman–Crippen LogP) is 1.37. The molecule has 3 unspecified atom stereocenters. The van der Waals surface area contributed by atoms with Gasteiger partial charge in [0, 0.05) is 5.57 Å². The lowest BCUT2D eigenvalue weighted by molar-refractivity contribution is -0.114. The summed E-state index contributed by atoms with van der Waals surface area (Å²) in [5.41, 5.74) is 6.63. The summed E-state index contributed by atoms with van der Waals surface area (Å²) >= 11 is 12.7. The lowest BCUT2D eigenvalue weighted by Crippen LogP contribution is -2.52. The van der Waals surface area contributed by atoms with E-state index in [1.165, 1.54) is 0 Å². The van der Waals surface area contributed by atoms with E-state index in [1.807, 2.05) is 6.08 Å². The second-order valence-electron chi connectivity index (χ2n) is 5.62. The Morgan fingerprint density at radius 3 is 2.76 bits per heavy atom. The summed E-state index contributed by atoms with van der Waals surface area (Å²) in [6.07, 6.45) is 7.22. The van der Waals surface area contributed by atoms with E-state index in [1.54, 1.807) is 6.08 Å². The molecule has 114 valence electrons. The predicted molar refractivity (Wildman–Crippen MR) is 84.4 cm³/mol. The number of guanidine groups is 1. The van der Waals surface area contributed by atoms with Crippen molar-refractivity contribution in [2.24, 2.45) is 10.7 Å². The fraction of sp³-hybridized carbons (Fsp3) is 0.571. The number of hydrogen-bond acceptors (Lipinski definition) is 4. The number of fused-ring (bicyclic) bond motifs is 1. The molecule has 5 nitrogen and oxygen atoms in total. The summed E-state index contributed by atoms with van der Waals surface area (Å²) in [5, 5.41) is 6.61. The Labute approximate surface area is 133 Å². The van der Waals surface area contributed by atoms with Crippen molar-refractivity contribution in [2.45, 2.75) is 48.5 Å². The molecule has 3 aliphatic rings. The van der Waals surface area contributed by atoms with Crippen molar-refractivity contribution in [2.75, 3.05) is 0 Å². The number of primary amides is 1. The minimum atomic E-state index is -0.425. The molecule has 0 saturated heterocycles. The zero-order valence-corrected chi connectivity index (χ0v) is 13.0. The largest absolute Gasteiger partial charge is 0.366 e. The SMILES string of the molecule is NC(=O)C1=CCC2NC(NC3C(Cl)CCCC3Cl)=NC2=C1. The third kappa shape index (κ3) is 3.04.